The Morgan fingerprint density at radius 1 is 0.923 bits per heavy atom. The van der Waals surface area contributed by atoms with Gasteiger partial charge in [0.2, 0.25) is 0 Å². The molecule has 0 aliphatic rings. The summed E-state index contributed by atoms with van der Waals surface area (Å²) in [6, 6.07) is 12.4. The number of nitrogens with one attached hydrogen (secondary N) is 3. The first-order valence-electron chi connectivity index (χ1n) is 8.33. The van der Waals surface area contributed by atoms with E-state index in [2.05, 4.69) is 16.0 Å². The molecule has 0 spiro atoms. The number of hydrogen-bond acceptors (Lipinski definition) is 2. The lowest BCUT2D eigenvalue weighted by molar-refractivity contribution is 0.0951. The van der Waals surface area contributed by atoms with Crippen LogP contribution in [0.4, 0.5) is 4.79 Å². The van der Waals surface area contributed by atoms with Crippen LogP contribution in [0.1, 0.15) is 34.8 Å². The molecular weight excluding hydrogens is 373 g/mol. The second kappa shape index (κ2) is 10.0. The summed E-state index contributed by atoms with van der Waals surface area (Å²) in [5, 5.41) is 8.95. The summed E-state index contributed by atoms with van der Waals surface area (Å²) in [4.78, 5) is 23.9. The van der Waals surface area contributed by atoms with Crippen molar-refractivity contribution in [1.29, 1.82) is 0 Å². The smallest absolute Gasteiger partial charge is 0.315 e. The van der Waals surface area contributed by atoms with Crippen LogP contribution in [0.3, 0.4) is 0 Å². The van der Waals surface area contributed by atoms with Crippen LogP contribution in [-0.2, 0) is 13.1 Å². The van der Waals surface area contributed by atoms with Gasteiger partial charge in [-0.2, -0.15) is 0 Å². The van der Waals surface area contributed by atoms with Gasteiger partial charge in [0, 0.05) is 19.6 Å². The van der Waals surface area contributed by atoms with E-state index in [4.69, 9.17) is 23.2 Å². The second-order valence-corrected chi connectivity index (χ2v) is 6.50. The molecule has 0 aromatic heterocycles. The maximum atomic E-state index is 12.3. The monoisotopic (exact) mass is 393 g/mol. The molecule has 0 aliphatic heterocycles. The number of halogens is 2. The predicted molar refractivity (Wildman–Crippen MR) is 105 cm³/mol. The molecule has 0 saturated heterocycles. The summed E-state index contributed by atoms with van der Waals surface area (Å²) in [6.07, 6.45) is 0.888. The lowest BCUT2D eigenvalue weighted by Crippen LogP contribution is -2.35. The van der Waals surface area contributed by atoms with E-state index in [0.717, 1.165) is 17.5 Å². The minimum Gasteiger partial charge on any atom is -0.348 e. The van der Waals surface area contributed by atoms with Crippen molar-refractivity contribution in [3.05, 3.63) is 69.2 Å². The number of amides is 3. The summed E-state index contributed by atoms with van der Waals surface area (Å²) in [6.45, 7) is 3.40. The third-order valence-corrected chi connectivity index (χ3v) is 4.45. The summed E-state index contributed by atoms with van der Waals surface area (Å²) in [5.41, 5.74) is 2.21. The number of carbonyl (C=O) groups is 2. The van der Waals surface area contributed by atoms with E-state index >= 15 is 0 Å². The molecule has 0 aliphatic carbocycles. The summed E-state index contributed by atoms with van der Waals surface area (Å²) in [7, 11) is 0. The van der Waals surface area contributed by atoms with E-state index in [1.54, 1.807) is 18.2 Å². The first kappa shape index (κ1) is 20.1. The van der Waals surface area contributed by atoms with Crippen LogP contribution in [0.2, 0.25) is 10.0 Å². The molecule has 0 bridgehead atoms. The SMILES string of the molecule is CCCNC(=O)NCc1cccc(CNC(=O)c2cccc(Cl)c2Cl)c1. The fraction of sp³-hybridized carbons (Fsp3) is 0.263. The van der Waals surface area contributed by atoms with Gasteiger partial charge < -0.3 is 16.0 Å². The Kier molecular flexibility index (Phi) is 7.75. The van der Waals surface area contributed by atoms with Crippen molar-refractivity contribution in [1.82, 2.24) is 16.0 Å². The van der Waals surface area contributed by atoms with E-state index in [1.165, 1.54) is 0 Å². The van der Waals surface area contributed by atoms with Crippen LogP contribution < -0.4 is 16.0 Å². The minimum atomic E-state index is -0.292. The lowest BCUT2D eigenvalue weighted by Gasteiger charge is -2.10. The van der Waals surface area contributed by atoms with Gasteiger partial charge in [0.15, 0.2) is 0 Å². The zero-order valence-corrected chi connectivity index (χ0v) is 16.0. The van der Waals surface area contributed by atoms with E-state index in [9.17, 15) is 9.59 Å². The molecule has 0 radical (unpaired) electrons. The average Bonchev–Trinajstić information content (AvgIpc) is 2.65. The molecule has 7 heteroatoms. The number of benzene rings is 2. The van der Waals surface area contributed by atoms with E-state index in [1.807, 2.05) is 31.2 Å². The van der Waals surface area contributed by atoms with Crippen LogP contribution in [0.5, 0.6) is 0 Å². The topological polar surface area (TPSA) is 70.2 Å². The quantitative estimate of drug-likeness (QED) is 0.661. The van der Waals surface area contributed by atoms with Crippen LogP contribution in [-0.4, -0.2) is 18.5 Å². The Hall–Kier alpha value is -2.24. The predicted octanol–water partition coefficient (Wildman–Crippen LogP) is 4.13. The van der Waals surface area contributed by atoms with Crippen molar-refractivity contribution >= 4 is 35.1 Å². The Morgan fingerprint density at radius 3 is 2.27 bits per heavy atom. The molecule has 26 heavy (non-hydrogen) atoms. The molecule has 2 aromatic carbocycles. The molecule has 3 N–H and O–H groups in total. The Labute approximate surface area is 163 Å². The number of rotatable bonds is 7. The van der Waals surface area contributed by atoms with Crippen LogP contribution >= 0.6 is 23.2 Å². The first-order valence-corrected chi connectivity index (χ1v) is 9.08. The highest BCUT2D eigenvalue weighted by molar-refractivity contribution is 6.43. The molecule has 0 heterocycles. The maximum absolute atomic E-state index is 12.3. The second-order valence-electron chi connectivity index (χ2n) is 5.71. The van der Waals surface area contributed by atoms with Crippen LogP contribution in [0.25, 0.3) is 0 Å². The summed E-state index contributed by atoms with van der Waals surface area (Å²) < 4.78 is 0. The largest absolute Gasteiger partial charge is 0.348 e. The average molecular weight is 394 g/mol. The summed E-state index contributed by atoms with van der Waals surface area (Å²) in [5.74, 6) is -0.292. The van der Waals surface area contributed by atoms with Crippen molar-refractivity contribution in [2.75, 3.05) is 6.54 Å². The highest BCUT2D eigenvalue weighted by Crippen LogP contribution is 2.25. The van der Waals surface area contributed by atoms with Gasteiger partial charge in [-0.3, -0.25) is 4.79 Å². The highest BCUT2D eigenvalue weighted by Gasteiger charge is 2.12. The van der Waals surface area contributed by atoms with Crippen molar-refractivity contribution < 1.29 is 9.59 Å². The van der Waals surface area contributed by atoms with Crippen molar-refractivity contribution in [3.8, 4) is 0 Å². The minimum absolute atomic E-state index is 0.193. The normalized spacial score (nSPS) is 10.3. The zero-order valence-electron chi connectivity index (χ0n) is 14.4. The molecule has 0 saturated carbocycles. The first-order chi connectivity index (χ1) is 12.5. The fourth-order valence-corrected chi connectivity index (χ4v) is 2.68. The Morgan fingerprint density at radius 2 is 1.58 bits per heavy atom. The third kappa shape index (κ3) is 5.93. The van der Waals surface area contributed by atoms with Gasteiger partial charge in [-0.1, -0.05) is 60.5 Å². The van der Waals surface area contributed by atoms with E-state index < -0.39 is 0 Å². The molecule has 0 unspecified atom stereocenters. The Balaban J connectivity index is 1.91. The Bertz CT molecular complexity index is 781. The molecule has 138 valence electrons. The maximum Gasteiger partial charge on any atom is 0.315 e. The number of hydrogen-bond donors (Lipinski definition) is 3. The van der Waals surface area contributed by atoms with Crippen LogP contribution in [0, 0.1) is 0 Å². The van der Waals surface area contributed by atoms with Gasteiger partial charge in [-0.25, -0.2) is 4.79 Å². The molecule has 0 atom stereocenters. The molecule has 0 fully saturated rings. The van der Waals surface area contributed by atoms with Crippen LogP contribution in [0.15, 0.2) is 42.5 Å². The standard InChI is InChI=1S/C19H21Cl2N3O2/c1-2-9-22-19(26)24-12-14-6-3-5-13(10-14)11-23-18(25)15-7-4-8-16(20)17(15)21/h3-8,10H,2,9,11-12H2,1H3,(H,23,25)(H2,22,24,26). The zero-order chi connectivity index (χ0) is 18.9. The van der Waals surface area contributed by atoms with Gasteiger partial charge in [0.25, 0.3) is 5.91 Å². The molecular formula is C19H21Cl2N3O2. The van der Waals surface area contributed by atoms with Gasteiger partial charge in [0.1, 0.15) is 0 Å². The number of urea groups is 1. The van der Waals surface area contributed by atoms with Gasteiger partial charge in [-0.05, 0) is 29.7 Å². The highest BCUT2D eigenvalue weighted by atomic mass is 35.5. The summed E-state index contributed by atoms with van der Waals surface area (Å²) >= 11 is 12.0. The molecule has 5 nitrogen and oxygen atoms in total. The van der Waals surface area contributed by atoms with Gasteiger partial charge in [0.05, 0.1) is 15.6 Å². The molecule has 2 rings (SSSR count). The number of carbonyl (C=O) groups excluding carboxylic acids is 2. The van der Waals surface area contributed by atoms with Gasteiger partial charge in [-0.15, -0.1) is 0 Å². The van der Waals surface area contributed by atoms with Crippen molar-refractivity contribution in [3.63, 3.8) is 0 Å². The molecule has 3 amide bonds. The van der Waals surface area contributed by atoms with Crippen molar-refractivity contribution in [2.24, 2.45) is 0 Å². The third-order valence-electron chi connectivity index (χ3n) is 3.63. The van der Waals surface area contributed by atoms with Gasteiger partial charge >= 0.3 is 6.03 Å². The van der Waals surface area contributed by atoms with E-state index in [0.29, 0.717) is 30.2 Å². The lowest BCUT2D eigenvalue weighted by atomic mass is 10.1. The molecule has 2 aromatic rings. The van der Waals surface area contributed by atoms with E-state index in [-0.39, 0.29) is 17.0 Å². The fourth-order valence-electron chi connectivity index (χ4n) is 2.29. The van der Waals surface area contributed by atoms with Crippen molar-refractivity contribution in [2.45, 2.75) is 26.4 Å².